The van der Waals surface area contributed by atoms with E-state index in [1.54, 1.807) is 6.08 Å². The van der Waals surface area contributed by atoms with Crippen molar-refractivity contribution in [3.63, 3.8) is 0 Å². The van der Waals surface area contributed by atoms with Gasteiger partial charge in [-0.3, -0.25) is 4.79 Å². The highest BCUT2D eigenvalue weighted by Gasteiger charge is 2.42. The zero-order valence-electron chi connectivity index (χ0n) is 8.55. The molecular weight excluding hydrogens is 174 g/mol. The maximum Gasteiger partial charge on any atom is 0.155 e. The molecule has 0 amide bonds. The van der Waals surface area contributed by atoms with E-state index in [2.05, 4.69) is 13.0 Å². The Bertz CT molecular complexity index is 337. The van der Waals surface area contributed by atoms with Gasteiger partial charge in [-0.25, -0.2) is 0 Å². The Morgan fingerprint density at radius 3 is 3.07 bits per heavy atom. The third-order valence-corrected chi connectivity index (χ3v) is 3.82. The molecule has 0 heterocycles. The molecule has 0 unspecified atom stereocenters. The number of nitrogens with zero attached hydrogens (tertiary/aromatic N) is 1. The van der Waals surface area contributed by atoms with Crippen molar-refractivity contribution in [1.82, 2.24) is 0 Å². The third-order valence-electron chi connectivity index (χ3n) is 3.82. The molecule has 14 heavy (non-hydrogen) atoms. The molecule has 0 bridgehead atoms. The lowest BCUT2D eigenvalue weighted by Crippen LogP contribution is -2.35. The van der Waals surface area contributed by atoms with Crippen LogP contribution in [0.2, 0.25) is 0 Å². The smallest absolute Gasteiger partial charge is 0.155 e. The zero-order valence-corrected chi connectivity index (χ0v) is 8.55. The predicted molar refractivity (Wildman–Crippen MR) is 53.4 cm³/mol. The van der Waals surface area contributed by atoms with Gasteiger partial charge in [0.05, 0.1) is 12.0 Å². The molecule has 2 atom stereocenters. The fraction of sp³-hybridized carbons (Fsp3) is 0.667. The lowest BCUT2D eigenvalue weighted by molar-refractivity contribution is -0.116. The van der Waals surface area contributed by atoms with Gasteiger partial charge in [0, 0.05) is 11.8 Å². The molecule has 74 valence electrons. The van der Waals surface area contributed by atoms with Crippen molar-refractivity contribution in [2.45, 2.75) is 39.0 Å². The standard InChI is InChI=1S/C12H15NO/c1-12-6-5-11(14)7-9(12)3-2-4-10(12)8-13/h7,10H,2-6H2,1H3/t10-,12+/m1/s1. The largest absolute Gasteiger partial charge is 0.295 e. The van der Waals surface area contributed by atoms with E-state index in [9.17, 15) is 4.79 Å². The molecule has 0 radical (unpaired) electrons. The molecule has 2 aliphatic carbocycles. The number of allylic oxidation sites excluding steroid dienone is 2. The summed E-state index contributed by atoms with van der Waals surface area (Å²) in [7, 11) is 0. The summed E-state index contributed by atoms with van der Waals surface area (Å²) in [6.07, 6.45) is 6.37. The highest BCUT2D eigenvalue weighted by Crippen LogP contribution is 2.49. The molecule has 0 N–H and O–H groups in total. The third kappa shape index (κ3) is 1.28. The van der Waals surface area contributed by atoms with Crippen molar-refractivity contribution in [2.75, 3.05) is 0 Å². The van der Waals surface area contributed by atoms with Crippen LogP contribution in [0.1, 0.15) is 39.0 Å². The second-order valence-corrected chi connectivity index (χ2v) is 4.63. The van der Waals surface area contributed by atoms with Crippen molar-refractivity contribution in [1.29, 1.82) is 5.26 Å². The first-order valence-electron chi connectivity index (χ1n) is 5.30. The minimum atomic E-state index is 0.000903. The average molecular weight is 189 g/mol. The van der Waals surface area contributed by atoms with Gasteiger partial charge in [0.25, 0.3) is 0 Å². The highest BCUT2D eigenvalue weighted by molar-refractivity contribution is 5.91. The summed E-state index contributed by atoms with van der Waals surface area (Å²) < 4.78 is 0. The van der Waals surface area contributed by atoms with Crippen LogP contribution < -0.4 is 0 Å². The zero-order chi connectivity index (χ0) is 10.2. The summed E-state index contributed by atoms with van der Waals surface area (Å²) in [5.74, 6) is 0.367. The monoisotopic (exact) mass is 189 g/mol. The van der Waals surface area contributed by atoms with Gasteiger partial charge in [-0.2, -0.15) is 5.26 Å². The summed E-state index contributed by atoms with van der Waals surface area (Å²) in [4.78, 5) is 11.3. The molecule has 0 aliphatic heterocycles. The minimum Gasteiger partial charge on any atom is -0.295 e. The number of hydrogen-bond acceptors (Lipinski definition) is 2. The summed E-state index contributed by atoms with van der Waals surface area (Å²) >= 11 is 0. The van der Waals surface area contributed by atoms with E-state index in [-0.39, 0.29) is 17.1 Å². The number of nitriles is 1. The molecule has 2 rings (SSSR count). The summed E-state index contributed by atoms with van der Waals surface area (Å²) in [6, 6.07) is 2.41. The van der Waals surface area contributed by atoms with Crippen LogP contribution in [-0.4, -0.2) is 5.78 Å². The summed E-state index contributed by atoms with van der Waals surface area (Å²) in [5, 5.41) is 9.10. The van der Waals surface area contributed by atoms with E-state index in [1.807, 2.05) is 0 Å². The lowest BCUT2D eigenvalue weighted by Gasteiger charge is -2.42. The molecule has 2 aliphatic rings. The SMILES string of the molecule is C[C@]12CCC(=O)C=C1CCC[C@@H]2C#N. The van der Waals surface area contributed by atoms with Crippen molar-refractivity contribution in [3.8, 4) is 6.07 Å². The molecule has 0 aromatic rings. The topological polar surface area (TPSA) is 40.9 Å². The van der Waals surface area contributed by atoms with E-state index in [0.717, 1.165) is 25.7 Å². The predicted octanol–water partition coefficient (Wildman–Crippen LogP) is 2.61. The molecule has 1 fully saturated rings. The molecule has 0 saturated heterocycles. The summed E-state index contributed by atoms with van der Waals surface area (Å²) in [6.45, 7) is 2.15. The van der Waals surface area contributed by atoms with Crippen molar-refractivity contribution in [3.05, 3.63) is 11.6 Å². The Morgan fingerprint density at radius 1 is 1.57 bits per heavy atom. The van der Waals surface area contributed by atoms with Gasteiger partial charge in [-0.15, -0.1) is 0 Å². The van der Waals surface area contributed by atoms with E-state index >= 15 is 0 Å². The first kappa shape index (κ1) is 9.45. The maximum atomic E-state index is 11.3. The molecule has 0 aromatic carbocycles. The van der Waals surface area contributed by atoms with Crippen LogP contribution >= 0.6 is 0 Å². The number of carbonyl (C=O) groups excluding carboxylic acids is 1. The van der Waals surface area contributed by atoms with E-state index in [4.69, 9.17) is 5.26 Å². The molecule has 0 spiro atoms. The number of rotatable bonds is 0. The molecule has 1 saturated carbocycles. The van der Waals surface area contributed by atoms with E-state index in [1.165, 1.54) is 5.57 Å². The first-order chi connectivity index (χ1) is 6.66. The maximum absolute atomic E-state index is 11.3. The Balaban J connectivity index is 2.37. The van der Waals surface area contributed by atoms with Gasteiger partial charge in [0.15, 0.2) is 5.78 Å². The van der Waals surface area contributed by atoms with Crippen LogP contribution in [0.4, 0.5) is 0 Å². The van der Waals surface area contributed by atoms with E-state index < -0.39 is 0 Å². The number of hydrogen-bond donors (Lipinski definition) is 0. The molecule has 2 nitrogen and oxygen atoms in total. The first-order valence-corrected chi connectivity index (χ1v) is 5.30. The van der Waals surface area contributed by atoms with Crippen LogP contribution in [0.25, 0.3) is 0 Å². The fourth-order valence-electron chi connectivity index (χ4n) is 2.75. The second kappa shape index (κ2) is 3.24. The van der Waals surface area contributed by atoms with Gasteiger partial charge >= 0.3 is 0 Å². The molecule has 2 heteroatoms. The average Bonchev–Trinajstić information content (AvgIpc) is 2.18. The number of carbonyl (C=O) groups is 1. The number of ketones is 1. The Kier molecular flexibility index (Phi) is 2.19. The minimum absolute atomic E-state index is 0.000903. The number of fused-ring (bicyclic) bond motifs is 1. The molecular formula is C12H15NO. The fourth-order valence-corrected chi connectivity index (χ4v) is 2.75. The quantitative estimate of drug-likeness (QED) is 0.587. The van der Waals surface area contributed by atoms with Crippen LogP contribution in [0, 0.1) is 22.7 Å². The Labute approximate surface area is 84.6 Å². The van der Waals surface area contributed by atoms with Crippen LogP contribution in [-0.2, 0) is 4.79 Å². The van der Waals surface area contributed by atoms with E-state index in [0.29, 0.717) is 6.42 Å². The van der Waals surface area contributed by atoms with Gasteiger partial charge in [-0.05, 0) is 31.8 Å². The van der Waals surface area contributed by atoms with Crippen molar-refractivity contribution >= 4 is 5.78 Å². The Morgan fingerprint density at radius 2 is 2.36 bits per heavy atom. The summed E-state index contributed by atoms with van der Waals surface area (Å²) in [5.41, 5.74) is 1.23. The van der Waals surface area contributed by atoms with Crippen LogP contribution in [0.3, 0.4) is 0 Å². The van der Waals surface area contributed by atoms with Crippen molar-refractivity contribution < 1.29 is 4.79 Å². The van der Waals surface area contributed by atoms with Gasteiger partial charge < -0.3 is 0 Å². The van der Waals surface area contributed by atoms with Gasteiger partial charge in [0.2, 0.25) is 0 Å². The highest BCUT2D eigenvalue weighted by atomic mass is 16.1. The van der Waals surface area contributed by atoms with Gasteiger partial charge in [0.1, 0.15) is 0 Å². The van der Waals surface area contributed by atoms with Gasteiger partial charge in [-0.1, -0.05) is 12.5 Å². The normalized spacial score (nSPS) is 37.0. The Hall–Kier alpha value is -1.10. The van der Waals surface area contributed by atoms with Crippen LogP contribution in [0.15, 0.2) is 11.6 Å². The second-order valence-electron chi connectivity index (χ2n) is 4.63. The van der Waals surface area contributed by atoms with Crippen LogP contribution in [0.5, 0.6) is 0 Å². The lowest BCUT2D eigenvalue weighted by atomic mass is 9.60. The molecule has 0 aromatic heterocycles. The van der Waals surface area contributed by atoms with Crippen molar-refractivity contribution in [2.24, 2.45) is 11.3 Å².